The van der Waals surface area contributed by atoms with Crippen molar-refractivity contribution in [1.29, 1.82) is 0 Å². The standard InChI is InChI=1S/C54H95O11P/c1-4-7-10-13-16-19-21-23-25-27-29-32-34-37-40-43-52(56)61-47-51(65-54(58)45-42-39-36-33-30-28-26-24-22-20-17-14-11-8-5-2)49-63-66(59,60)62-48-50(46-55)64-53(57)44-41-38-35-31-18-15-12-9-6-3/h7,10,16,19,23,25,29,32,37,40,50-51,55H,4-6,8-9,11-15,17-18,20-22,24,26-28,30-31,33-36,38-39,41-49H2,1-3H3,(H,59,60)/b10-7-,19-16-,25-23-,32-29-,40-37-. The zero-order valence-electron chi connectivity index (χ0n) is 41.9. The second-order valence-corrected chi connectivity index (χ2v) is 18.8. The monoisotopic (exact) mass is 951 g/mol. The zero-order valence-corrected chi connectivity index (χ0v) is 42.8. The van der Waals surface area contributed by atoms with Crippen molar-refractivity contribution in [2.75, 3.05) is 26.4 Å². The van der Waals surface area contributed by atoms with E-state index in [-0.39, 0.29) is 25.9 Å². The lowest BCUT2D eigenvalue weighted by molar-refractivity contribution is -0.161. The Bertz CT molecular complexity index is 1340. The highest BCUT2D eigenvalue weighted by Gasteiger charge is 2.28. The molecule has 0 radical (unpaired) electrons. The van der Waals surface area contributed by atoms with E-state index >= 15 is 0 Å². The maximum atomic E-state index is 12.8. The summed E-state index contributed by atoms with van der Waals surface area (Å²) >= 11 is 0. The number of carbonyl (C=O) groups is 3. The maximum absolute atomic E-state index is 12.8. The first kappa shape index (κ1) is 63.2. The van der Waals surface area contributed by atoms with Crippen LogP contribution in [0.2, 0.25) is 0 Å². The Morgan fingerprint density at radius 3 is 1.15 bits per heavy atom. The van der Waals surface area contributed by atoms with Gasteiger partial charge in [-0.05, 0) is 44.9 Å². The van der Waals surface area contributed by atoms with Crippen LogP contribution in [0, 0.1) is 0 Å². The maximum Gasteiger partial charge on any atom is 0.472 e. The first-order valence-corrected chi connectivity index (χ1v) is 27.7. The van der Waals surface area contributed by atoms with Gasteiger partial charge in [-0.1, -0.05) is 223 Å². The molecule has 0 bridgehead atoms. The molecule has 0 amide bonds. The lowest BCUT2D eigenvalue weighted by Gasteiger charge is -2.21. The average molecular weight is 951 g/mol. The normalized spacial score (nSPS) is 14.0. The second-order valence-electron chi connectivity index (χ2n) is 17.3. The summed E-state index contributed by atoms with van der Waals surface area (Å²) in [5.41, 5.74) is 0. The van der Waals surface area contributed by atoms with Crippen LogP contribution in [0.5, 0.6) is 0 Å². The quantitative estimate of drug-likeness (QED) is 0.0197. The summed E-state index contributed by atoms with van der Waals surface area (Å²) in [6.45, 7) is 4.39. The minimum absolute atomic E-state index is 0.00380. The molecule has 0 aliphatic rings. The number of carbonyl (C=O) groups excluding carboxylic acids is 3. The number of hydrogen-bond acceptors (Lipinski definition) is 10. The Hall–Kier alpha value is -2.82. The van der Waals surface area contributed by atoms with Crippen molar-refractivity contribution < 1.29 is 52.2 Å². The first-order chi connectivity index (χ1) is 32.2. The van der Waals surface area contributed by atoms with E-state index in [1.54, 1.807) is 6.08 Å². The summed E-state index contributed by atoms with van der Waals surface area (Å²) in [5.74, 6) is -1.61. The molecule has 0 aliphatic carbocycles. The van der Waals surface area contributed by atoms with E-state index in [0.29, 0.717) is 19.3 Å². The van der Waals surface area contributed by atoms with Gasteiger partial charge in [-0.2, -0.15) is 0 Å². The predicted octanol–water partition coefficient (Wildman–Crippen LogP) is 14.8. The van der Waals surface area contributed by atoms with Crippen LogP contribution >= 0.6 is 7.82 Å². The van der Waals surface area contributed by atoms with E-state index in [0.717, 1.165) is 64.2 Å². The molecule has 0 saturated carbocycles. The molecule has 66 heavy (non-hydrogen) atoms. The fourth-order valence-corrected chi connectivity index (χ4v) is 7.80. The third-order valence-electron chi connectivity index (χ3n) is 11.0. The van der Waals surface area contributed by atoms with Crippen molar-refractivity contribution in [1.82, 2.24) is 0 Å². The Morgan fingerprint density at radius 1 is 0.439 bits per heavy atom. The van der Waals surface area contributed by atoms with Gasteiger partial charge in [0.1, 0.15) is 12.7 Å². The number of aliphatic hydroxyl groups is 1. The molecule has 0 aromatic carbocycles. The van der Waals surface area contributed by atoms with Gasteiger partial charge in [0.25, 0.3) is 0 Å². The van der Waals surface area contributed by atoms with Gasteiger partial charge in [-0.3, -0.25) is 23.4 Å². The van der Waals surface area contributed by atoms with Crippen LogP contribution in [0.15, 0.2) is 60.8 Å². The Balaban J connectivity index is 4.84. The summed E-state index contributed by atoms with van der Waals surface area (Å²) in [6.07, 6.45) is 50.8. The van der Waals surface area contributed by atoms with E-state index in [4.69, 9.17) is 23.3 Å². The fraction of sp³-hybridized carbons (Fsp3) is 0.759. The van der Waals surface area contributed by atoms with E-state index < -0.39 is 57.8 Å². The van der Waals surface area contributed by atoms with Crippen LogP contribution < -0.4 is 0 Å². The topological polar surface area (TPSA) is 155 Å². The second kappa shape index (κ2) is 48.6. The lowest BCUT2D eigenvalue weighted by Crippen LogP contribution is -2.30. The smallest absolute Gasteiger partial charge is 0.461 e. The highest BCUT2D eigenvalue weighted by Crippen LogP contribution is 2.43. The van der Waals surface area contributed by atoms with Crippen molar-refractivity contribution in [2.24, 2.45) is 0 Å². The van der Waals surface area contributed by atoms with Gasteiger partial charge in [0.05, 0.1) is 26.2 Å². The van der Waals surface area contributed by atoms with E-state index in [9.17, 15) is 28.9 Å². The molecule has 3 atom stereocenters. The van der Waals surface area contributed by atoms with Gasteiger partial charge in [0.15, 0.2) is 6.10 Å². The SMILES string of the molecule is CC/C=C\C/C=C\C/C=C\C/C=C\C/C=C\CC(=O)OCC(COP(=O)(O)OCC(CO)OC(=O)CCCCCCCCCCC)OC(=O)CCCCCCCCCCCCCCCCC. The van der Waals surface area contributed by atoms with Gasteiger partial charge < -0.3 is 24.2 Å². The largest absolute Gasteiger partial charge is 0.472 e. The number of aliphatic hydroxyl groups excluding tert-OH is 1. The van der Waals surface area contributed by atoms with Crippen LogP contribution in [-0.2, 0) is 42.2 Å². The van der Waals surface area contributed by atoms with Crippen LogP contribution in [0.3, 0.4) is 0 Å². The van der Waals surface area contributed by atoms with E-state index in [2.05, 4.69) is 63.3 Å². The molecular formula is C54H95O11P. The molecule has 0 aliphatic heterocycles. The van der Waals surface area contributed by atoms with Gasteiger partial charge in [0, 0.05) is 12.8 Å². The molecule has 2 N–H and O–H groups in total. The summed E-state index contributed by atoms with van der Waals surface area (Å²) in [6, 6.07) is 0. The van der Waals surface area contributed by atoms with Gasteiger partial charge in [-0.15, -0.1) is 0 Å². The molecule has 382 valence electrons. The summed E-state index contributed by atoms with van der Waals surface area (Å²) in [7, 11) is -4.75. The number of hydrogen-bond donors (Lipinski definition) is 2. The molecule has 0 aromatic heterocycles. The number of unbranched alkanes of at least 4 members (excludes halogenated alkanes) is 22. The molecule has 0 saturated heterocycles. The predicted molar refractivity (Wildman–Crippen MR) is 270 cm³/mol. The van der Waals surface area contributed by atoms with Crippen molar-refractivity contribution >= 4 is 25.7 Å². The fourth-order valence-electron chi connectivity index (χ4n) is 7.02. The minimum Gasteiger partial charge on any atom is -0.461 e. The molecule has 12 heteroatoms. The number of esters is 3. The van der Waals surface area contributed by atoms with Crippen molar-refractivity contribution in [3.05, 3.63) is 60.8 Å². The summed E-state index contributed by atoms with van der Waals surface area (Å²) in [4.78, 5) is 48.2. The number of allylic oxidation sites excluding steroid dienone is 9. The Kier molecular flexibility index (Phi) is 46.6. The van der Waals surface area contributed by atoms with E-state index in [1.807, 2.05) is 12.2 Å². The van der Waals surface area contributed by atoms with Gasteiger partial charge in [-0.25, -0.2) is 4.57 Å². The number of rotatable bonds is 48. The van der Waals surface area contributed by atoms with Crippen molar-refractivity contribution in [3.8, 4) is 0 Å². The van der Waals surface area contributed by atoms with Gasteiger partial charge in [0.2, 0.25) is 0 Å². The average Bonchev–Trinajstić information content (AvgIpc) is 3.30. The summed E-state index contributed by atoms with van der Waals surface area (Å²) in [5, 5.41) is 9.74. The van der Waals surface area contributed by atoms with Crippen molar-refractivity contribution in [3.63, 3.8) is 0 Å². The first-order valence-electron chi connectivity index (χ1n) is 26.2. The summed E-state index contributed by atoms with van der Waals surface area (Å²) < 4.78 is 39.2. The lowest BCUT2D eigenvalue weighted by atomic mass is 10.0. The molecule has 0 fully saturated rings. The molecule has 3 unspecified atom stereocenters. The molecule has 0 rings (SSSR count). The third kappa shape index (κ3) is 46.3. The molecule has 11 nitrogen and oxygen atoms in total. The number of ether oxygens (including phenoxy) is 3. The number of phosphoric acid groups is 1. The minimum atomic E-state index is -4.75. The molecule has 0 aromatic rings. The van der Waals surface area contributed by atoms with E-state index in [1.165, 1.54) is 103 Å². The van der Waals surface area contributed by atoms with Crippen LogP contribution in [0.1, 0.15) is 226 Å². The Labute approximate surface area is 402 Å². The van der Waals surface area contributed by atoms with Gasteiger partial charge >= 0.3 is 25.7 Å². The number of phosphoric ester groups is 1. The van der Waals surface area contributed by atoms with Crippen LogP contribution in [0.25, 0.3) is 0 Å². The van der Waals surface area contributed by atoms with Crippen LogP contribution in [-0.4, -0.2) is 66.5 Å². The molecular weight excluding hydrogens is 856 g/mol. The van der Waals surface area contributed by atoms with Crippen LogP contribution in [0.4, 0.5) is 0 Å². The highest BCUT2D eigenvalue weighted by molar-refractivity contribution is 7.47. The molecule has 0 spiro atoms. The third-order valence-corrected chi connectivity index (χ3v) is 11.9. The zero-order chi connectivity index (χ0) is 48.4. The molecule has 0 heterocycles. The van der Waals surface area contributed by atoms with Crippen molar-refractivity contribution in [2.45, 2.75) is 238 Å². The Morgan fingerprint density at radius 2 is 0.773 bits per heavy atom. The highest BCUT2D eigenvalue weighted by atomic mass is 31.2.